The summed E-state index contributed by atoms with van der Waals surface area (Å²) < 4.78 is 0. The van der Waals surface area contributed by atoms with Crippen LogP contribution in [-0.2, 0) is 4.79 Å². The summed E-state index contributed by atoms with van der Waals surface area (Å²) in [6.45, 7) is 9.76. The third-order valence-corrected chi connectivity index (χ3v) is 6.92. The number of rotatable bonds is 9. The smallest absolute Gasteiger partial charge is 0.303 e. The van der Waals surface area contributed by atoms with Crippen LogP contribution in [0, 0.1) is 16.7 Å². The monoisotopic (exact) mass is 541 g/mol. The SMILES string of the molecule is CCC(=O)O.CSC[C@@H](CC(C)(C)O)c1ccc(NC(=O)c2ncc(C#N)[nH]2)c(C2=CCC(C)(C)CC2)n1. The van der Waals surface area contributed by atoms with Crippen molar-refractivity contribution >= 4 is 34.9 Å². The lowest BCUT2D eigenvalue weighted by Crippen LogP contribution is -2.24. The molecule has 0 radical (unpaired) electrons. The zero-order valence-corrected chi connectivity index (χ0v) is 23.9. The van der Waals surface area contributed by atoms with Gasteiger partial charge in [-0.15, -0.1) is 0 Å². The van der Waals surface area contributed by atoms with E-state index in [1.807, 2.05) is 32.0 Å². The van der Waals surface area contributed by atoms with E-state index in [0.717, 1.165) is 42.0 Å². The third kappa shape index (κ3) is 9.62. The van der Waals surface area contributed by atoms with E-state index < -0.39 is 17.5 Å². The summed E-state index contributed by atoms with van der Waals surface area (Å²) in [6.07, 6.45) is 9.31. The minimum atomic E-state index is -0.805. The fourth-order valence-electron chi connectivity index (χ4n) is 4.07. The summed E-state index contributed by atoms with van der Waals surface area (Å²) in [4.78, 5) is 33.9. The van der Waals surface area contributed by atoms with Crippen LogP contribution in [0.1, 0.15) is 100 Å². The third-order valence-electron chi connectivity index (χ3n) is 6.19. The number of imidazole rings is 1. The number of nitrogens with one attached hydrogen (secondary N) is 2. The first kappa shape index (κ1) is 31.1. The summed E-state index contributed by atoms with van der Waals surface area (Å²) in [6, 6.07) is 5.77. The Balaban J connectivity index is 0.000000926. The number of allylic oxidation sites excluding steroid dienone is 2. The maximum Gasteiger partial charge on any atom is 0.303 e. The van der Waals surface area contributed by atoms with E-state index in [1.165, 1.54) is 6.20 Å². The molecular formula is C28H39N5O4S. The van der Waals surface area contributed by atoms with Crippen molar-refractivity contribution in [3.05, 3.63) is 47.3 Å². The van der Waals surface area contributed by atoms with Crippen LogP contribution in [0.5, 0.6) is 0 Å². The van der Waals surface area contributed by atoms with Gasteiger partial charge in [-0.1, -0.05) is 26.8 Å². The predicted octanol–water partition coefficient (Wildman–Crippen LogP) is 5.61. The molecule has 0 aliphatic heterocycles. The Bertz CT molecular complexity index is 1190. The number of aromatic amines is 1. The van der Waals surface area contributed by atoms with Crippen LogP contribution in [0.4, 0.5) is 5.69 Å². The summed E-state index contributed by atoms with van der Waals surface area (Å²) in [5, 5.41) is 30.1. The number of pyridine rings is 1. The van der Waals surface area contributed by atoms with E-state index in [1.54, 1.807) is 18.7 Å². The molecule has 1 aliphatic carbocycles. The lowest BCUT2D eigenvalue weighted by Gasteiger charge is -2.29. The van der Waals surface area contributed by atoms with Crippen molar-refractivity contribution in [1.29, 1.82) is 5.26 Å². The number of nitrogens with zero attached hydrogens (tertiary/aromatic N) is 3. The Morgan fingerprint density at radius 2 is 2.03 bits per heavy atom. The van der Waals surface area contributed by atoms with Gasteiger partial charge in [0.1, 0.15) is 11.8 Å². The van der Waals surface area contributed by atoms with Gasteiger partial charge in [-0.25, -0.2) is 4.98 Å². The Kier molecular flexibility index (Phi) is 11.1. The first-order valence-electron chi connectivity index (χ1n) is 12.7. The number of nitriles is 1. The van der Waals surface area contributed by atoms with Crippen molar-refractivity contribution in [3.8, 4) is 6.07 Å². The minimum absolute atomic E-state index is 0.0858. The average molecular weight is 542 g/mol. The first-order chi connectivity index (χ1) is 17.8. The van der Waals surface area contributed by atoms with E-state index >= 15 is 0 Å². The second-order valence-electron chi connectivity index (χ2n) is 10.9. The number of amides is 1. The van der Waals surface area contributed by atoms with E-state index in [4.69, 9.17) is 15.4 Å². The van der Waals surface area contributed by atoms with Gasteiger partial charge in [0.25, 0.3) is 5.91 Å². The molecule has 0 unspecified atom stereocenters. The lowest BCUT2D eigenvalue weighted by molar-refractivity contribution is -0.136. The van der Waals surface area contributed by atoms with Crippen molar-refractivity contribution in [2.75, 3.05) is 17.3 Å². The quantitative estimate of drug-likeness (QED) is 0.320. The number of carbonyl (C=O) groups is 2. The van der Waals surface area contributed by atoms with Gasteiger partial charge in [0.15, 0.2) is 5.82 Å². The van der Waals surface area contributed by atoms with Gasteiger partial charge >= 0.3 is 5.97 Å². The highest BCUT2D eigenvalue weighted by Gasteiger charge is 2.27. The van der Waals surface area contributed by atoms with Gasteiger partial charge in [-0.2, -0.15) is 17.0 Å². The number of aliphatic hydroxyl groups is 1. The Morgan fingerprint density at radius 1 is 1.34 bits per heavy atom. The largest absolute Gasteiger partial charge is 0.481 e. The molecule has 1 amide bonds. The molecule has 0 fully saturated rings. The second kappa shape index (κ2) is 13.6. The molecule has 0 bridgehead atoms. The van der Waals surface area contributed by atoms with Gasteiger partial charge in [0.2, 0.25) is 0 Å². The van der Waals surface area contributed by atoms with E-state index in [2.05, 4.69) is 41.5 Å². The van der Waals surface area contributed by atoms with Crippen LogP contribution in [0.15, 0.2) is 24.4 Å². The fraction of sp³-hybridized carbons (Fsp3) is 0.536. The van der Waals surface area contributed by atoms with Crippen molar-refractivity contribution in [1.82, 2.24) is 15.0 Å². The zero-order valence-electron chi connectivity index (χ0n) is 23.1. The van der Waals surface area contributed by atoms with Gasteiger partial charge in [-0.05, 0) is 68.9 Å². The van der Waals surface area contributed by atoms with E-state index in [-0.39, 0.29) is 29.3 Å². The molecule has 2 heterocycles. The number of carboxylic acids is 1. The van der Waals surface area contributed by atoms with Crippen LogP contribution in [0.25, 0.3) is 5.57 Å². The molecule has 2 aromatic heterocycles. The highest BCUT2D eigenvalue weighted by molar-refractivity contribution is 7.98. The molecule has 9 nitrogen and oxygen atoms in total. The number of hydrogen-bond donors (Lipinski definition) is 4. The summed E-state index contributed by atoms with van der Waals surface area (Å²) in [5.74, 6) is -0.140. The molecular weight excluding hydrogens is 502 g/mol. The van der Waals surface area contributed by atoms with Gasteiger partial charge in [-0.3, -0.25) is 14.6 Å². The zero-order chi connectivity index (χ0) is 28.5. The first-order valence-corrected chi connectivity index (χ1v) is 14.1. The molecule has 0 aromatic carbocycles. The Hall–Kier alpha value is -3.16. The predicted molar refractivity (Wildman–Crippen MR) is 151 cm³/mol. The molecule has 206 valence electrons. The number of anilines is 1. The van der Waals surface area contributed by atoms with E-state index in [9.17, 15) is 14.7 Å². The normalized spacial score (nSPS) is 15.4. The topological polar surface area (TPSA) is 152 Å². The molecule has 2 aromatic rings. The molecule has 38 heavy (non-hydrogen) atoms. The van der Waals surface area contributed by atoms with Crippen LogP contribution < -0.4 is 5.32 Å². The molecule has 0 saturated heterocycles. The number of hydrogen-bond acceptors (Lipinski definition) is 7. The van der Waals surface area contributed by atoms with Gasteiger partial charge < -0.3 is 20.5 Å². The van der Waals surface area contributed by atoms with E-state index in [0.29, 0.717) is 12.1 Å². The van der Waals surface area contributed by atoms with Crippen LogP contribution in [0.3, 0.4) is 0 Å². The average Bonchev–Trinajstić information content (AvgIpc) is 3.33. The molecule has 1 aliphatic rings. The van der Waals surface area contributed by atoms with Crippen molar-refractivity contribution < 1.29 is 19.8 Å². The van der Waals surface area contributed by atoms with Crippen LogP contribution in [0.2, 0.25) is 0 Å². The van der Waals surface area contributed by atoms with Crippen LogP contribution >= 0.6 is 11.8 Å². The number of H-pyrrole nitrogens is 1. The minimum Gasteiger partial charge on any atom is -0.481 e. The molecule has 3 rings (SSSR count). The molecule has 0 saturated carbocycles. The van der Waals surface area contributed by atoms with Gasteiger partial charge in [0.05, 0.1) is 23.2 Å². The molecule has 0 spiro atoms. The second-order valence-corrected chi connectivity index (χ2v) is 11.8. The standard InChI is InChI=1S/C25H33N5O2S.C3H6O2/c1-24(2)10-8-16(9-11-24)21-20(30-23(31)22-27-14-18(13-26)28-22)7-6-19(29-21)17(15-33-5)12-25(3,4)32;1-2-3(4)5/h6-8,14,17,32H,9-12,15H2,1-5H3,(H,27,28)(H,30,31);2H2,1H3,(H,4,5)/t17-;/m1./s1. The maximum absolute atomic E-state index is 12.8. The van der Waals surface area contributed by atoms with Crippen molar-refractivity contribution in [2.24, 2.45) is 5.41 Å². The Labute approximate surface area is 229 Å². The molecule has 1 atom stereocenters. The highest BCUT2D eigenvalue weighted by Crippen LogP contribution is 2.40. The number of thioether (sulfide) groups is 1. The van der Waals surface area contributed by atoms with Crippen molar-refractivity contribution in [2.45, 2.75) is 78.2 Å². The lowest BCUT2D eigenvalue weighted by atomic mass is 9.77. The highest BCUT2D eigenvalue weighted by atomic mass is 32.2. The number of aromatic nitrogens is 3. The number of carbonyl (C=O) groups excluding carboxylic acids is 1. The molecule has 10 heteroatoms. The molecule has 4 N–H and O–H groups in total. The maximum atomic E-state index is 12.8. The summed E-state index contributed by atoms with van der Waals surface area (Å²) in [5.41, 5.74) is 3.10. The number of carboxylic acid groups (broad SMARTS) is 1. The van der Waals surface area contributed by atoms with Crippen molar-refractivity contribution in [3.63, 3.8) is 0 Å². The summed E-state index contributed by atoms with van der Waals surface area (Å²) >= 11 is 1.73. The Morgan fingerprint density at radius 3 is 2.53 bits per heavy atom. The van der Waals surface area contributed by atoms with Gasteiger partial charge in [0, 0.05) is 23.8 Å². The number of aliphatic carboxylic acids is 1. The summed E-state index contributed by atoms with van der Waals surface area (Å²) in [7, 11) is 0. The fourth-order valence-corrected chi connectivity index (χ4v) is 4.76. The van der Waals surface area contributed by atoms with Crippen LogP contribution in [-0.4, -0.2) is 54.7 Å².